The van der Waals surface area contributed by atoms with Crippen molar-refractivity contribution < 1.29 is 19.0 Å². The normalized spacial score (nSPS) is 13.8. The zero-order valence-electron chi connectivity index (χ0n) is 8.09. The highest BCUT2D eigenvalue weighted by atomic mass is 31.1. The highest BCUT2D eigenvalue weighted by Crippen LogP contribution is 2.40. The zero-order chi connectivity index (χ0) is 10.6. The lowest BCUT2D eigenvalue weighted by Crippen LogP contribution is -2.40. The van der Waals surface area contributed by atoms with Crippen molar-refractivity contribution >= 4 is 19.6 Å². The molecule has 0 fully saturated rings. The van der Waals surface area contributed by atoms with E-state index in [0.29, 0.717) is 6.42 Å². The fourth-order valence-corrected chi connectivity index (χ4v) is 2.45. The predicted molar refractivity (Wildman–Crippen MR) is 50.2 cm³/mol. The van der Waals surface area contributed by atoms with Gasteiger partial charge in [-0.05, 0) is 20.3 Å². The fourth-order valence-electron chi connectivity index (χ4n) is 1.38. The maximum absolute atomic E-state index is 11.2. The Morgan fingerprint density at radius 2 is 1.69 bits per heavy atom. The third-order valence-electron chi connectivity index (χ3n) is 2.19. The Labute approximate surface area is 78.2 Å². The van der Waals surface area contributed by atoms with E-state index < -0.39 is 24.8 Å². The number of Topliss-reactive ketones (excluding diaryl/α,β-unsaturated/α-hetero) is 2. The van der Waals surface area contributed by atoms with Gasteiger partial charge in [-0.15, -0.1) is 0 Å². The summed E-state index contributed by atoms with van der Waals surface area (Å²) in [5.41, 5.74) is 0. The molecule has 0 amide bonds. The van der Waals surface area contributed by atoms with Gasteiger partial charge >= 0.3 is 0 Å². The average molecular weight is 206 g/mol. The van der Waals surface area contributed by atoms with Gasteiger partial charge in [0, 0.05) is 0 Å². The molecule has 0 aromatic carbocycles. The summed E-state index contributed by atoms with van der Waals surface area (Å²) < 4.78 is 11.0. The van der Waals surface area contributed by atoms with E-state index >= 15 is 0 Å². The average Bonchev–Trinajstić information content (AvgIpc) is 1.97. The maximum Gasteiger partial charge on any atom is 0.209 e. The molecule has 1 atom stereocenters. The minimum Gasteiger partial charge on any atom is -0.345 e. The summed E-state index contributed by atoms with van der Waals surface area (Å²) >= 11 is 0. The van der Waals surface area contributed by atoms with Crippen molar-refractivity contribution in [2.24, 2.45) is 0 Å². The predicted octanol–water partition coefficient (Wildman–Crippen LogP) is 1.17. The van der Waals surface area contributed by atoms with Crippen LogP contribution >= 0.6 is 8.03 Å². The van der Waals surface area contributed by atoms with Gasteiger partial charge in [-0.2, -0.15) is 0 Å². The van der Waals surface area contributed by atoms with Gasteiger partial charge < -0.3 is 4.89 Å². The van der Waals surface area contributed by atoms with Crippen molar-refractivity contribution in [3.8, 4) is 0 Å². The summed E-state index contributed by atoms with van der Waals surface area (Å²) in [7, 11) is -3.14. The molecule has 0 spiro atoms. The van der Waals surface area contributed by atoms with Gasteiger partial charge in [-0.25, -0.2) is 0 Å². The molecule has 0 rings (SSSR count). The Bertz CT molecular complexity index is 210. The molecule has 0 saturated carbocycles. The van der Waals surface area contributed by atoms with Crippen molar-refractivity contribution in [1.29, 1.82) is 0 Å². The van der Waals surface area contributed by atoms with Crippen LogP contribution in [0.4, 0.5) is 0 Å². The minimum absolute atomic E-state index is 0.159. The molecule has 0 aromatic heterocycles. The number of hydrogen-bond acceptors (Lipinski definition) is 3. The minimum atomic E-state index is -3.14. The highest BCUT2D eigenvalue weighted by Gasteiger charge is 2.44. The van der Waals surface area contributed by atoms with E-state index in [4.69, 9.17) is 4.89 Å². The molecule has 0 aromatic rings. The molecule has 0 saturated heterocycles. The second kappa shape index (κ2) is 4.68. The Hall–Kier alpha value is -0.470. The summed E-state index contributed by atoms with van der Waals surface area (Å²) in [5.74, 6) is -1.01. The van der Waals surface area contributed by atoms with Crippen LogP contribution in [-0.4, -0.2) is 21.6 Å². The van der Waals surface area contributed by atoms with Gasteiger partial charge in [0.05, 0.1) is 0 Å². The van der Waals surface area contributed by atoms with Crippen LogP contribution in [0, 0.1) is 0 Å². The largest absolute Gasteiger partial charge is 0.345 e. The van der Waals surface area contributed by atoms with Crippen LogP contribution < -0.4 is 0 Å². The number of rotatable bonds is 5. The summed E-state index contributed by atoms with van der Waals surface area (Å²) in [5, 5.41) is -1.63. The fraction of sp³-hybridized carbons (Fsp3) is 0.750. The Kier molecular flexibility index (Phi) is 4.51. The summed E-state index contributed by atoms with van der Waals surface area (Å²) in [4.78, 5) is 31.4. The van der Waals surface area contributed by atoms with Crippen molar-refractivity contribution in [2.45, 2.75) is 38.8 Å². The van der Waals surface area contributed by atoms with Crippen molar-refractivity contribution in [1.82, 2.24) is 0 Å². The first-order valence-corrected chi connectivity index (χ1v) is 5.50. The second-order valence-corrected chi connectivity index (χ2v) is 4.54. The highest BCUT2D eigenvalue weighted by molar-refractivity contribution is 7.43. The van der Waals surface area contributed by atoms with E-state index in [9.17, 15) is 14.2 Å². The van der Waals surface area contributed by atoms with Gasteiger partial charge in [0.15, 0.2) is 16.7 Å². The maximum atomic E-state index is 11.2. The van der Waals surface area contributed by atoms with Gasteiger partial charge in [-0.3, -0.25) is 14.2 Å². The number of hydrogen-bond donors (Lipinski definition) is 1. The topological polar surface area (TPSA) is 71.4 Å². The first-order valence-electron chi connectivity index (χ1n) is 4.15. The SMILES string of the molecule is CCCC(C(C)=O)(C(C)=O)[PH](=O)O. The van der Waals surface area contributed by atoms with E-state index in [1.54, 1.807) is 6.92 Å². The van der Waals surface area contributed by atoms with Crippen LogP contribution in [0.25, 0.3) is 0 Å². The molecule has 0 radical (unpaired) electrons. The molecule has 0 aliphatic carbocycles. The molecule has 5 heteroatoms. The van der Waals surface area contributed by atoms with E-state index in [2.05, 4.69) is 0 Å². The van der Waals surface area contributed by atoms with Crippen molar-refractivity contribution in [3.63, 3.8) is 0 Å². The number of carbonyl (C=O) groups is 2. The molecule has 1 unspecified atom stereocenters. The quantitative estimate of drug-likeness (QED) is 0.541. The van der Waals surface area contributed by atoms with Crippen LogP contribution in [0.5, 0.6) is 0 Å². The first kappa shape index (κ1) is 12.5. The van der Waals surface area contributed by atoms with Crippen LogP contribution in [0.15, 0.2) is 0 Å². The van der Waals surface area contributed by atoms with E-state index in [0.717, 1.165) is 0 Å². The van der Waals surface area contributed by atoms with E-state index in [1.165, 1.54) is 13.8 Å². The molecule has 1 N–H and O–H groups in total. The standard InChI is InChI=1S/C8H15O4P/c1-4-5-8(6(2)9,7(3)10)13(11)12/h13H,4-5H2,1-3H3,(H,11,12). The molecule has 0 bridgehead atoms. The summed E-state index contributed by atoms with van der Waals surface area (Å²) in [6, 6.07) is 0. The lowest BCUT2D eigenvalue weighted by Gasteiger charge is -2.24. The Balaban J connectivity index is 5.18. The zero-order valence-corrected chi connectivity index (χ0v) is 9.09. The van der Waals surface area contributed by atoms with Crippen molar-refractivity contribution in [3.05, 3.63) is 0 Å². The van der Waals surface area contributed by atoms with Gasteiger partial charge in [0.2, 0.25) is 8.03 Å². The van der Waals surface area contributed by atoms with Crippen LogP contribution in [0.3, 0.4) is 0 Å². The first-order chi connectivity index (χ1) is 5.89. The van der Waals surface area contributed by atoms with Gasteiger partial charge in [0.1, 0.15) is 0 Å². The Morgan fingerprint density at radius 1 is 1.31 bits per heavy atom. The second-order valence-electron chi connectivity index (χ2n) is 3.07. The molecule has 4 nitrogen and oxygen atoms in total. The lowest BCUT2D eigenvalue weighted by molar-refractivity contribution is -0.129. The third-order valence-corrected chi connectivity index (χ3v) is 3.88. The van der Waals surface area contributed by atoms with E-state index in [1.807, 2.05) is 0 Å². The lowest BCUT2D eigenvalue weighted by atomic mass is 9.94. The van der Waals surface area contributed by atoms with Crippen LogP contribution in [0.1, 0.15) is 33.6 Å². The van der Waals surface area contributed by atoms with Crippen LogP contribution in [0.2, 0.25) is 0 Å². The number of ketones is 2. The molecular formula is C8H15O4P. The monoisotopic (exact) mass is 206 g/mol. The van der Waals surface area contributed by atoms with Gasteiger partial charge in [-0.1, -0.05) is 13.3 Å². The summed E-state index contributed by atoms with van der Waals surface area (Å²) in [6.07, 6.45) is 0.697. The third kappa shape index (κ3) is 2.26. The van der Waals surface area contributed by atoms with E-state index in [-0.39, 0.29) is 6.42 Å². The smallest absolute Gasteiger partial charge is 0.209 e. The van der Waals surface area contributed by atoms with Gasteiger partial charge in [0.25, 0.3) is 0 Å². The molecule has 0 aliphatic rings. The molecule has 0 heterocycles. The van der Waals surface area contributed by atoms with Crippen molar-refractivity contribution in [2.75, 3.05) is 0 Å². The Morgan fingerprint density at radius 3 is 1.77 bits per heavy atom. The number of carbonyl (C=O) groups excluding carboxylic acids is 2. The molecule has 76 valence electrons. The summed E-state index contributed by atoms with van der Waals surface area (Å²) in [6.45, 7) is 4.15. The molecular weight excluding hydrogens is 191 g/mol. The van der Waals surface area contributed by atoms with Crippen LogP contribution in [-0.2, 0) is 14.2 Å². The molecule has 0 aliphatic heterocycles. The molecule has 13 heavy (non-hydrogen) atoms.